The SMILES string of the molecule is c1cc(CNc2nccc(NC3CCCCCC3)n2)ccn1. The van der Waals surface area contributed by atoms with Crippen molar-refractivity contribution in [2.75, 3.05) is 10.6 Å². The Kier molecular flexibility index (Phi) is 5.18. The van der Waals surface area contributed by atoms with Gasteiger partial charge in [0.1, 0.15) is 5.82 Å². The molecule has 1 aliphatic rings. The number of nitrogens with one attached hydrogen (secondary N) is 2. The second-order valence-corrected chi connectivity index (χ2v) is 5.81. The van der Waals surface area contributed by atoms with Gasteiger partial charge in [-0.25, -0.2) is 4.98 Å². The predicted molar refractivity (Wildman–Crippen MR) is 88.7 cm³/mol. The first-order chi connectivity index (χ1) is 10.9. The molecule has 1 fully saturated rings. The summed E-state index contributed by atoms with van der Waals surface area (Å²) in [4.78, 5) is 12.9. The van der Waals surface area contributed by atoms with Crippen molar-refractivity contribution in [3.05, 3.63) is 42.4 Å². The van der Waals surface area contributed by atoms with Gasteiger partial charge in [0.15, 0.2) is 0 Å². The molecule has 0 aromatic carbocycles. The average Bonchev–Trinajstić information content (AvgIpc) is 2.83. The van der Waals surface area contributed by atoms with Gasteiger partial charge in [0, 0.05) is 31.2 Å². The van der Waals surface area contributed by atoms with E-state index < -0.39 is 0 Å². The van der Waals surface area contributed by atoms with Crippen molar-refractivity contribution in [3.63, 3.8) is 0 Å². The minimum absolute atomic E-state index is 0.547. The van der Waals surface area contributed by atoms with E-state index in [0.717, 1.165) is 5.82 Å². The predicted octanol–water partition coefficient (Wildman–Crippen LogP) is 3.62. The minimum Gasteiger partial charge on any atom is -0.367 e. The van der Waals surface area contributed by atoms with Gasteiger partial charge in [-0.15, -0.1) is 0 Å². The first-order valence-corrected chi connectivity index (χ1v) is 8.12. The third-order valence-corrected chi connectivity index (χ3v) is 4.06. The number of nitrogens with zero attached hydrogens (tertiary/aromatic N) is 3. The number of aromatic nitrogens is 3. The maximum Gasteiger partial charge on any atom is 0.224 e. The summed E-state index contributed by atoms with van der Waals surface area (Å²) in [6, 6.07) is 6.47. The third-order valence-electron chi connectivity index (χ3n) is 4.06. The molecule has 5 nitrogen and oxygen atoms in total. The summed E-state index contributed by atoms with van der Waals surface area (Å²) in [5.74, 6) is 1.58. The molecule has 0 aliphatic heterocycles. The number of hydrogen-bond acceptors (Lipinski definition) is 5. The molecule has 0 radical (unpaired) electrons. The fourth-order valence-corrected chi connectivity index (χ4v) is 2.84. The number of anilines is 2. The molecule has 5 heteroatoms. The van der Waals surface area contributed by atoms with Crippen molar-refractivity contribution in [3.8, 4) is 0 Å². The lowest BCUT2D eigenvalue weighted by atomic mass is 10.1. The van der Waals surface area contributed by atoms with Crippen LogP contribution in [0.15, 0.2) is 36.8 Å². The van der Waals surface area contributed by atoms with Gasteiger partial charge >= 0.3 is 0 Å². The lowest BCUT2D eigenvalue weighted by Crippen LogP contribution is -2.19. The van der Waals surface area contributed by atoms with E-state index in [1.54, 1.807) is 18.6 Å². The molecular weight excluding hydrogens is 274 g/mol. The molecule has 0 atom stereocenters. The highest BCUT2D eigenvalue weighted by atomic mass is 15.1. The van der Waals surface area contributed by atoms with Crippen LogP contribution in [0.1, 0.15) is 44.1 Å². The summed E-state index contributed by atoms with van der Waals surface area (Å²) in [5, 5.41) is 6.82. The number of hydrogen-bond donors (Lipinski definition) is 2. The van der Waals surface area contributed by atoms with Gasteiger partial charge in [0.05, 0.1) is 0 Å². The van der Waals surface area contributed by atoms with Gasteiger partial charge < -0.3 is 10.6 Å². The van der Waals surface area contributed by atoms with E-state index in [1.807, 2.05) is 18.2 Å². The second kappa shape index (κ2) is 7.73. The Labute approximate surface area is 131 Å². The molecule has 0 saturated heterocycles. The summed E-state index contributed by atoms with van der Waals surface area (Å²) in [6.45, 7) is 0.704. The summed E-state index contributed by atoms with van der Waals surface area (Å²) in [7, 11) is 0. The molecule has 3 rings (SSSR count). The molecule has 0 bridgehead atoms. The van der Waals surface area contributed by atoms with Crippen LogP contribution in [0.2, 0.25) is 0 Å². The van der Waals surface area contributed by atoms with Gasteiger partial charge in [-0.2, -0.15) is 4.98 Å². The van der Waals surface area contributed by atoms with Crippen LogP contribution < -0.4 is 10.6 Å². The molecule has 22 heavy (non-hydrogen) atoms. The summed E-state index contributed by atoms with van der Waals surface area (Å²) >= 11 is 0. The average molecular weight is 297 g/mol. The maximum atomic E-state index is 4.56. The Balaban J connectivity index is 1.57. The van der Waals surface area contributed by atoms with Gasteiger partial charge in [-0.1, -0.05) is 25.7 Å². The van der Waals surface area contributed by atoms with Crippen LogP contribution in [0.5, 0.6) is 0 Å². The standard InChI is InChI=1S/C17H23N5/c1-2-4-6-15(5-3-1)21-16-9-12-19-17(22-16)20-13-14-7-10-18-11-8-14/h7-12,15H,1-6,13H2,(H2,19,20,21,22). The quantitative estimate of drug-likeness (QED) is 0.825. The normalized spacial score (nSPS) is 16.0. The zero-order valence-electron chi connectivity index (χ0n) is 12.8. The van der Waals surface area contributed by atoms with Crippen molar-refractivity contribution >= 4 is 11.8 Å². The second-order valence-electron chi connectivity index (χ2n) is 5.81. The molecular formula is C17H23N5. The van der Waals surface area contributed by atoms with E-state index in [1.165, 1.54) is 44.1 Å². The Bertz CT molecular complexity index is 564. The Hall–Kier alpha value is -2.17. The van der Waals surface area contributed by atoms with Gasteiger partial charge in [-0.3, -0.25) is 4.98 Å². The number of rotatable bonds is 5. The van der Waals surface area contributed by atoms with Crippen LogP contribution in [0, 0.1) is 0 Å². The molecule has 0 unspecified atom stereocenters. The fourth-order valence-electron chi connectivity index (χ4n) is 2.84. The van der Waals surface area contributed by atoms with Crippen LogP contribution in [0.3, 0.4) is 0 Å². The highest BCUT2D eigenvalue weighted by Gasteiger charge is 2.12. The van der Waals surface area contributed by atoms with Crippen molar-refractivity contribution in [1.29, 1.82) is 0 Å². The summed E-state index contributed by atoms with van der Waals surface area (Å²) < 4.78 is 0. The largest absolute Gasteiger partial charge is 0.367 e. The molecule has 1 saturated carbocycles. The van der Waals surface area contributed by atoms with E-state index in [9.17, 15) is 0 Å². The molecule has 2 heterocycles. The smallest absolute Gasteiger partial charge is 0.224 e. The van der Waals surface area contributed by atoms with Crippen molar-refractivity contribution < 1.29 is 0 Å². The van der Waals surface area contributed by atoms with E-state index in [-0.39, 0.29) is 0 Å². The highest BCUT2D eigenvalue weighted by molar-refractivity contribution is 5.40. The molecule has 2 N–H and O–H groups in total. The van der Waals surface area contributed by atoms with Gasteiger partial charge in [0.25, 0.3) is 0 Å². The van der Waals surface area contributed by atoms with Crippen molar-refractivity contribution in [2.45, 2.75) is 51.1 Å². The van der Waals surface area contributed by atoms with E-state index in [4.69, 9.17) is 0 Å². The minimum atomic E-state index is 0.547. The van der Waals surface area contributed by atoms with Crippen LogP contribution in [0.25, 0.3) is 0 Å². The maximum absolute atomic E-state index is 4.56. The third kappa shape index (κ3) is 4.41. The Morgan fingerprint density at radius 1 is 0.955 bits per heavy atom. The van der Waals surface area contributed by atoms with Crippen LogP contribution in [-0.4, -0.2) is 21.0 Å². The number of pyridine rings is 1. The Morgan fingerprint density at radius 3 is 2.50 bits per heavy atom. The van der Waals surface area contributed by atoms with Gasteiger partial charge in [-0.05, 0) is 36.6 Å². The van der Waals surface area contributed by atoms with Gasteiger partial charge in [0.2, 0.25) is 5.95 Å². The first kappa shape index (κ1) is 14.8. The van der Waals surface area contributed by atoms with Crippen molar-refractivity contribution in [1.82, 2.24) is 15.0 Å². The topological polar surface area (TPSA) is 62.7 Å². The molecule has 0 spiro atoms. The van der Waals surface area contributed by atoms with Crippen molar-refractivity contribution in [2.24, 2.45) is 0 Å². The van der Waals surface area contributed by atoms with E-state index in [2.05, 4.69) is 25.6 Å². The molecule has 2 aromatic rings. The Morgan fingerprint density at radius 2 is 1.73 bits per heavy atom. The lowest BCUT2D eigenvalue weighted by Gasteiger charge is -2.17. The van der Waals surface area contributed by atoms with E-state index >= 15 is 0 Å². The summed E-state index contributed by atoms with van der Waals surface area (Å²) in [5.41, 5.74) is 1.17. The van der Waals surface area contributed by atoms with Crippen LogP contribution in [0.4, 0.5) is 11.8 Å². The van der Waals surface area contributed by atoms with Crippen LogP contribution >= 0.6 is 0 Å². The zero-order valence-corrected chi connectivity index (χ0v) is 12.8. The van der Waals surface area contributed by atoms with Crippen LogP contribution in [-0.2, 0) is 6.54 Å². The lowest BCUT2D eigenvalue weighted by molar-refractivity contribution is 0.617. The summed E-state index contributed by atoms with van der Waals surface area (Å²) in [6.07, 6.45) is 13.2. The molecule has 2 aromatic heterocycles. The first-order valence-electron chi connectivity index (χ1n) is 8.12. The fraction of sp³-hybridized carbons (Fsp3) is 0.471. The monoisotopic (exact) mass is 297 g/mol. The highest BCUT2D eigenvalue weighted by Crippen LogP contribution is 2.20. The molecule has 0 amide bonds. The molecule has 1 aliphatic carbocycles. The molecule has 116 valence electrons. The van der Waals surface area contributed by atoms with E-state index in [0.29, 0.717) is 18.5 Å². The zero-order chi connectivity index (χ0) is 15.0.